The third kappa shape index (κ3) is 2.50. The Morgan fingerprint density at radius 3 is 2.37 bits per heavy atom. The van der Waals surface area contributed by atoms with Gasteiger partial charge < -0.3 is 10.4 Å². The highest BCUT2D eigenvalue weighted by molar-refractivity contribution is 6.48. The Bertz CT molecular complexity index is 558. The fraction of sp³-hybridized carbons (Fsp3) is 0.364. The highest BCUT2D eigenvalue weighted by Gasteiger charge is 2.46. The van der Waals surface area contributed by atoms with E-state index in [1.165, 1.54) is 6.20 Å². The topological polar surface area (TPSA) is 79.3 Å². The number of rotatable bonds is 3. The van der Waals surface area contributed by atoms with E-state index in [0.29, 0.717) is 12.8 Å². The summed E-state index contributed by atoms with van der Waals surface area (Å²) in [7, 11) is 0. The first-order chi connectivity index (χ1) is 8.87. The first-order valence-corrected chi connectivity index (χ1v) is 6.56. The number of nitrogens with one attached hydrogen (secondary N) is 1. The van der Waals surface area contributed by atoms with E-state index < -0.39 is 17.4 Å². The number of aromatic nitrogens is 1. The monoisotopic (exact) mass is 322 g/mol. The van der Waals surface area contributed by atoms with Gasteiger partial charge in [-0.15, -0.1) is 0 Å². The zero-order valence-corrected chi connectivity index (χ0v) is 11.8. The summed E-state index contributed by atoms with van der Waals surface area (Å²) in [5, 5.41) is 11.6. The van der Waals surface area contributed by atoms with E-state index in [0.717, 1.165) is 6.42 Å². The number of nitrogens with zero attached hydrogens (tertiary/aromatic N) is 1. The summed E-state index contributed by atoms with van der Waals surface area (Å²) < 4.78 is 0. The number of carboxylic acid groups (broad SMARTS) is 1. The SMILES string of the molecule is O=C(NC1(C(=O)O)CCC1)c1ncc(Cl)c(Cl)c1Cl. The molecule has 1 aliphatic carbocycles. The first-order valence-electron chi connectivity index (χ1n) is 5.43. The molecule has 8 heteroatoms. The van der Waals surface area contributed by atoms with Crippen LogP contribution in [0.2, 0.25) is 15.1 Å². The van der Waals surface area contributed by atoms with Gasteiger partial charge in [-0.05, 0) is 19.3 Å². The standard InChI is InChI=1S/C11H9Cl3N2O3/c12-5-4-15-8(7(14)6(5)13)9(17)16-11(10(18)19)2-1-3-11/h4H,1-3H2,(H,16,17)(H,18,19). The quantitative estimate of drug-likeness (QED) is 0.896. The largest absolute Gasteiger partial charge is 0.480 e. The Hall–Kier alpha value is -1.04. The average molecular weight is 324 g/mol. The molecule has 0 bridgehead atoms. The number of halogens is 3. The third-order valence-corrected chi connectivity index (χ3v) is 4.34. The van der Waals surface area contributed by atoms with Gasteiger partial charge in [-0.25, -0.2) is 9.78 Å². The molecule has 0 radical (unpaired) electrons. The predicted molar refractivity (Wildman–Crippen MR) is 71.0 cm³/mol. The fourth-order valence-electron chi connectivity index (χ4n) is 1.80. The van der Waals surface area contributed by atoms with E-state index >= 15 is 0 Å². The second-order valence-corrected chi connectivity index (χ2v) is 5.44. The minimum absolute atomic E-state index is 0.0152. The van der Waals surface area contributed by atoms with Gasteiger partial charge in [0.2, 0.25) is 0 Å². The average Bonchev–Trinajstić information content (AvgIpc) is 2.30. The molecule has 0 saturated heterocycles. The lowest BCUT2D eigenvalue weighted by molar-refractivity contribution is -0.148. The van der Waals surface area contributed by atoms with Crippen molar-refractivity contribution in [2.75, 3.05) is 0 Å². The summed E-state index contributed by atoms with van der Waals surface area (Å²) in [5.74, 6) is -1.74. The molecule has 19 heavy (non-hydrogen) atoms. The van der Waals surface area contributed by atoms with Gasteiger partial charge >= 0.3 is 5.97 Å². The normalized spacial score (nSPS) is 16.6. The van der Waals surface area contributed by atoms with E-state index in [2.05, 4.69) is 10.3 Å². The van der Waals surface area contributed by atoms with Gasteiger partial charge in [0, 0.05) is 6.20 Å². The van der Waals surface area contributed by atoms with E-state index in [-0.39, 0.29) is 20.8 Å². The van der Waals surface area contributed by atoms with Crippen LogP contribution in [0, 0.1) is 0 Å². The number of hydrogen-bond acceptors (Lipinski definition) is 3. The zero-order chi connectivity index (χ0) is 14.2. The van der Waals surface area contributed by atoms with Crippen molar-refractivity contribution in [3.63, 3.8) is 0 Å². The van der Waals surface area contributed by atoms with Crippen LogP contribution in [0.4, 0.5) is 0 Å². The molecule has 1 heterocycles. The van der Waals surface area contributed by atoms with Crippen LogP contribution < -0.4 is 5.32 Å². The van der Waals surface area contributed by atoms with Gasteiger partial charge in [0.15, 0.2) is 0 Å². The molecule has 1 aromatic rings. The lowest BCUT2D eigenvalue weighted by Gasteiger charge is -2.38. The summed E-state index contributed by atoms with van der Waals surface area (Å²) in [6.45, 7) is 0. The van der Waals surface area contributed by atoms with Crippen LogP contribution in [0.25, 0.3) is 0 Å². The predicted octanol–water partition coefficient (Wildman–Crippen LogP) is 2.78. The third-order valence-electron chi connectivity index (χ3n) is 3.10. The Labute approximate surface area is 123 Å². The van der Waals surface area contributed by atoms with Crippen LogP contribution in [0.5, 0.6) is 0 Å². The van der Waals surface area contributed by atoms with E-state index in [1.54, 1.807) is 0 Å². The highest BCUT2D eigenvalue weighted by Crippen LogP contribution is 2.34. The van der Waals surface area contributed by atoms with Crippen molar-refractivity contribution >= 4 is 46.7 Å². The number of carbonyl (C=O) groups excluding carboxylic acids is 1. The lowest BCUT2D eigenvalue weighted by atomic mass is 9.76. The Morgan fingerprint density at radius 2 is 1.89 bits per heavy atom. The first kappa shape index (κ1) is 14.4. The molecule has 0 spiro atoms. The molecule has 1 saturated carbocycles. The fourth-order valence-corrected chi connectivity index (χ4v) is 2.37. The summed E-state index contributed by atoms with van der Waals surface area (Å²) in [6, 6.07) is 0. The van der Waals surface area contributed by atoms with E-state index in [1.807, 2.05) is 0 Å². The second kappa shape index (κ2) is 5.15. The molecule has 0 aromatic carbocycles. The molecule has 5 nitrogen and oxygen atoms in total. The number of aliphatic carboxylic acids is 1. The molecular formula is C11H9Cl3N2O3. The van der Waals surface area contributed by atoms with Crippen molar-refractivity contribution in [2.45, 2.75) is 24.8 Å². The molecule has 2 N–H and O–H groups in total. The van der Waals surface area contributed by atoms with Crippen LogP contribution in [0.3, 0.4) is 0 Å². The summed E-state index contributed by atoms with van der Waals surface area (Å²) >= 11 is 17.4. The summed E-state index contributed by atoms with van der Waals surface area (Å²) in [5.41, 5.74) is -1.36. The number of carboxylic acids is 1. The lowest BCUT2D eigenvalue weighted by Crippen LogP contribution is -2.59. The van der Waals surface area contributed by atoms with Crippen LogP contribution in [-0.4, -0.2) is 27.5 Å². The summed E-state index contributed by atoms with van der Waals surface area (Å²) in [6.07, 6.45) is 2.70. The van der Waals surface area contributed by atoms with Crippen LogP contribution in [0.15, 0.2) is 6.20 Å². The minimum atomic E-state index is -1.23. The molecule has 1 aromatic heterocycles. The van der Waals surface area contributed by atoms with Crippen molar-refractivity contribution in [1.29, 1.82) is 0 Å². The smallest absolute Gasteiger partial charge is 0.329 e. The number of pyridine rings is 1. The van der Waals surface area contributed by atoms with Gasteiger partial charge in [0.25, 0.3) is 5.91 Å². The van der Waals surface area contributed by atoms with Gasteiger partial charge in [0.05, 0.1) is 15.1 Å². The Balaban J connectivity index is 2.26. The molecule has 102 valence electrons. The Kier molecular flexibility index (Phi) is 3.90. The van der Waals surface area contributed by atoms with Gasteiger partial charge in [-0.3, -0.25) is 4.79 Å². The minimum Gasteiger partial charge on any atom is -0.480 e. The van der Waals surface area contributed by atoms with Crippen molar-refractivity contribution in [2.24, 2.45) is 0 Å². The number of carbonyl (C=O) groups is 2. The second-order valence-electron chi connectivity index (χ2n) is 4.28. The van der Waals surface area contributed by atoms with Crippen LogP contribution >= 0.6 is 34.8 Å². The Morgan fingerprint density at radius 1 is 1.26 bits per heavy atom. The van der Waals surface area contributed by atoms with Crippen LogP contribution in [0.1, 0.15) is 29.8 Å². The van der Waals surface area contributed by atoms with Gasteiger partial charge in [0.1, 0.15) is 11.2 Å². The molecular weight excluding hydrogens is 314 g/mol. The molecule has 2 rings (SSSR count). The van der Waals surface area contributed by atoms with Gasteiger partial charge in [-0.1, -0.05) is 34.8 Å². The van der Waals surface area contributed by atoms with Crippen molar-refractivity contribution in [1.82, 2.24) is 10.3 Å². The van der Waals surface area contributed by atoms with Gasteiger partial charge in [-0.2, -0.15) is 0 Å². The maximum atomic E-state index is 12.0. The number of hydrogen-bond donors (Lipinski definition) is 2. The van der Waals surface area contributed by atoms with E-state index in [4.69, 9.17) is 39.9 Å². The van der Waals surface area contributed by atoms with Crippen molar-refractivity contribution in [3.8, 4) is 0 Å². The van der Waals surface area contributed by atoms with Crippen molar-refractivity contribution in [3.05, 3.63) is 27.0 Å². The van der Waals surface area contributed by atoms with Crippen LogP contribution in [-0.2, 0) is 4.79 Å². The maximum absolute atomic E-state index is 12.0. The zero-order valence-electron chi connectivity index (χ0n) is 9.54. The molecule has 0 aliphatic heterocycles. The molecule has 1 aliphatic rings. The number of amides is 1. The molecule has 0 atom stereocenters. The van der Waals surface area contributed by atoms with E-state index in [9.17, 15) is 9.59 Å². The molecule has 1 fully saturated rings. The van der Waals surface area contributed by atoms with Crippen molar-refractivity contribution < 1.29 is 14.7 Å². The highest BCUT2D eigenvalue weighted by atomic mass is 35.5. The molecule has 0 unspecified atom stereocenters. The maximum Gasteiger partial charge on any atom is 0.329 e. The molecule has 1 amide bonds. The summed E-state index contributed by atoms with van der Waals surface area (Å²) in [4.78, 5) is 27.0.